The van der Waals surface area contributed by atoms with Crippen molar-refractivity contribution in [2.75, 3.05) is 6.67 Å². The van der Waals surface area contributed by atoms with Crippen LogP contribution < -0.4 is 0 Å². The minimum absolute atomic E-state index is 0.115. The molecule has 1 nitrogen and oxygen atoms in total. The predicted octanol–water partition coefficient (Wildman–Crippen LogP) is 3.38. The van der Waals surface area contributed by atoms with Crippen LogP contribution in [0, 0.1) is 0 Å². The zero-order chi connectivity index (χ0) is 11.1. The summed E-state index contributed by atoms with van der Waals surface area (Å²) < 4.78 is 12.9. The van der Waals surface area contributed by atoms with Gasteiger partial charge in [0, 0.05) is 17.3 Å². The Hall–Kier alpha value is -0.920. The van der Waals surface area contributed by atoms with Crippen molar-refractivity contribution in [3.63, 3.8) is 0 Å². The molecule has 1 aromatic heterocycles. The molecule has 1 saturated carbocycles. The first-order valence-electron chi connectivity index (χ1n) is 5.51. The lowest BCUT2D eigenvalue weighted by Crippen LogP contribution is -2.16. The highest BCUT2D eigenvalue weighted by atomic mass is 19.1. The second kappa shape index (κ2) is 3.29. The Morgan fingerprint density at radius 2 is 2.07 bits per heavy atom. The van der Waals surface area contributed by atoms with Gasteiger partial charge in [-0.05, 0) is 36.0 Å². The van der Waals surface area contributed by atoms with Gasteiger partial charge in [0.15, 0.2) is 0 Å². The average Bonchev–Trinajstić information content (AvgIpc) is 2.97. The van der Waals surface area contributed by atoms with E-state index in [1.54, 1.807) is 0 Å². The number of aromatic nitrogens is 1. The number of halogens is 1. The Morgan fingerprint density at radius 3 is 2.53 bits per heavy atom. The molecule has 1 fully saturated rings. The van der Waals surface area contributed by atoms with Crippen LogP contribution in [0.1, 0.15) is 44.9 Å². The van der Waals surface area contributed by atoms with Crippen LogP contribution >= 0.6 is 0 Å². The summed E-state index contributed by atoms with van der Waals surface area (Å²) in [5, 5.41) is 0. The van der Waals surface area contributed by atoms with Gasteiger partial charge in [-0.2, -0.15) is 0 Å². The molecule has 1 heterocycles. The third-order valence-corrected chi connectivity index (χ3v) is 3.28. The van der Waals surface area contributed by atoms with E-state index in [2.05, 4.69) is 31.8 Å². The molecule has 0 amide bonds. The van der Waals surface area contributed by atoms with Crippen molar-refractivity contribution in [2.24, 2.45) is 0 Å². The summed E-state index contributed by atoms with van der Waals surface area (Å²) >= 11 is 0. The second-order valence-corrected chi connectivity index (χ2v) is 5.59. The molecular formula is C13H18FN. The van der Waals surface area contributed by atoms with E-state index < -0.39 is 0 Å². The molecule has 0 unspecified atom stereocenters. The maximum atomic E-state index is 12.9. The third-order valence-electron chi connectivity index (χ3n) is 3.28. The van der Waals surface area contributed by atoms with Crippen molar-refractivity contribution in [1.29, 1.82) is 0 Å². The standard InChI is InChI=1S/C13H18FN/c1-12(2,3)10-4-7-15-11(8-10)13(9-14)5-6-13/h4,7-8H,5-6,9H2,1-3H3. The maximum absolute atomic E-state index is 12.9. The molecule has 0 N–H and O–H groups in total. The van der Waals surface area contributed by atoms with Gasteiger partial charge >= 0.3 is 0 Å². The Morgan fingerprint density at radius 1 is 1.40 bits per heavy atom. The normalized spacial score (nSPS) is 18.9. The van der Waals surface area contributed by atoms with E-state index in [0.29, 0.717) is 0 Å². The van der Waals surface area contributed by atoms with Gasteiger partial charge in [-0.3, -0.25) is 9.37 Å². The van der Waals surface area contributed by atoms with E-state index in [-0.39, 0.29) is 17.5 Å². The van der Waals surface area contributed by atoms with Crippen LogP contribution in [0.2, 0.25) is 0 Å². The molecule has 0 bridgehead atoms. The molecule has 0 aromatic carbocycles. The summed E-state index contributed by atoms with van der Waals surface area (Å²) in [6, 6.07) is 4.10. The average molecular weight is 207 g/mol. The summed E-state index contributed by atoms with van der Waals surface area (Å²) in [5.74, 6) is 0. The Bertz CT molecular complexity index is 361. The van der Waals surface area contributed by atoms with Gasteiger partial charge in [-0.15, -0.1) is 0 Å². The van der Waals surface area contributed by atoms with Gasteiger partial charge < -0.3 is 0 Å². The molecule has 2 heteroatoms. The smallest absolute Gasteiger partial charge is 0.101 e. The fraction of sp³-hybridized carbons (Fsp3) is 0.615. The molecule has 1 aromatic rings. The molecule has 2 rings (SSSR count). The van der Waals surface area contributed by atoms with E-state index >= 15 is 0 Å². The molecule has 0 atom stereocenters. The molecule has 1 aliphatic rings. The zero-order valence-corrected chi connectivity index (χ0v) is 9.68. The monoisotopic (exact) mass is 207 g/mol. The van der Waals surface area contributed by atoms with Crippen LogP contribution in [0.4, 0.5) is 4.39 Å². The van der Waals surface area contributed by atoms with Crippen molar-refractivity contribution in [2.45, 2.75) is 44.4 Å². The van der Waals surface area contributed by atoms with Crippen molar-refractivity contribution < 1.29 is 4.39 Å². The van der Waals surface area contributed by atoms with Gasteiger partial charge in [0.05, 0.1) is 0 Å². The first-order chi connectivity index (χ1) is 6.98. The molecule has 1 aliphatic carbocycles. The fourth-order valence-electron chi connectivity index (χ4n) is 1.80. The number of pyridine rings is 1. The number of hydrogen-bond acceptors (Lipinski definition) is 1. The number of alkyl halides is 1. The lowest BCUT2D eigenvalue weighted by atomic mass is 9.86. The first kappa shape index (κ1) is 10.6. The van der Waals surface area contributed by atoms with Gasteiger partial charge in [0.2, 0.25) is 0 Å². The summed E-state index contributed by atoms with van der Waals surface area (Å²) in [5.41, 5.74) is 2.07. The van der Waals surface area contributed by atoms with E-state index in [1.807, 2.05) is 12.3 Å². The van der Waals surface area contributed by atoms with Crippen molar-refractivity contribution in [1.82, 2.24) is 4.98 Å². The Kier molecular flexibility index (Phi) is 2.32. The van der Waals surface area contributed by atoms with Crippen LogP contribution in [-0.4, -0.2) is 11.7 Å². The maximum Gasteiger partial charge on any atom is 0.101 e. The van der Waals surface area contributed by atoms with E-state index in [9.17, 15) is 4.39 Å². The Balaban J connectivity index is 2.35. The van der Waals surface area contributed by atoms with Crippen LogP contribution in [0.15, 0.2) is 18.3 Å². The minimum atomic E-state index is -0.270. The largest absolute Gasteiger partial charge is 0.261 e. The summed E-state index contributed by atoms with van der Waals surface area (Å²) in [6.45, 7) is 6.23. The minimum Gasteiger partial charge on any atom is -0.261 e. The van der Waals surface area contributed by atoms with Crippen LogP contribution in [0.5, 0.6) is 0 Å². The lowest BCUT2D eigenvalue weighted by molar-refractivity contribution is 0.411. The highest BCUT2D eigenvalue weighted by molar-refractivity contribution is 5.31. The Labute approximate surface area is 90.7 Å². The second-order valence-electron chi connectivity index (χ2n) is 5.59. The van der Waals surface area contributed by atoms with Crippen molar-refractivity contribution >= 4 is 0 Å². The van der Waals surface area contributed by atoms with Gasteiger partial charge in [0.25, 0.3) is 0 Å². The fourth-order valence-corrected chi connectivity index (χ4v) is 1.80. The molecule has 0 spiro atoms. The molecule has 15 heavy (non-hydrogen) atoms. The summed E-state index contributed by atoms with van der Waals surface area (Å²) in [4.78, 5) is 4.32. The quantitative estimate of drug-likeness (QED) is 0.724. The molecule has 0 radical (unpaired) electrons. The van der Waals surface area contributed by atoms with Crippen molar-refractivity contribution in [3.05, 3.63) is 29.6 Å². The molecular weight excluding hydrogens is 189 g/mol. The highest BCUT2D eigenvalue weighted by Gasteiger charge is 2.46. The topological polar surface area (TPSA) is 12.9 Å². The number of hydrogen-bond donors (Lipinski definition) is 0. The van der Waals surface area contributed by atoms with Crippen LogP contribution in [-0.2, 0) is 10.8 Å². The summed E-state index contributed by atoms with van der Waals surface area (Å²) in [6.07, 6.45) is 3.71. The summed E-state index contributed by atoms with van der Waals surface area (Å²) in [7, 11) is 0. The molecule has 0 saturated heterocycles. The number of rotatable bonds is 2. The van der Waals surface area contributed by atoms with Gasteiger partial charge in [-0.1, -0.05) is 20.8 Å². The number of nitrogens with zero attached hydrogens (tertiary/aromatic N) is 1. The van der Waals surface area contributed by atoms with E-state index in [0.717, 1.165) is 18.5 Å². The first-order valence-corrected chi connectivity index (χ1v) is 5.51. The van der Waals surface area contributed by atoms with Crippen LogP contribution in [0.3, 0.4) is 0 Å². The molecule has 0 aliphatic heterocycles. The highest BCUT2D eigenvalue weighted by Crippen LogP contribution is 2.48. The van der Waals surface area contributed by atoms with Gasteiger partial charge in [-0.25, -0.2) is 0 Å². The predicted molar refractivity (Wildman–Crippen MR) is 59.8 cm³/mol. The lowest BCUT2D eigenvalue weighted by Gasteiger charge is -2.20. The van der Waals surface area contributed by atoms with Crippen molar-refractivity contribution in [3.8, 4) is 0 Å². The van der Waals surface area contributed by atoms with Crippen LogP contribution in [0.25, 0.3) is 0 Å². The molecule has 82 valence electrons. The SMILES string of the molecule is CC(C)(C)c1ccnc(C2(CF)CC2)c1. The zero-order valence-electron chi connectivity index (χ0n) is 9.68. The van der Waals surface area contributed by atoms with E-state index in [4.69, 9.17) is 0 Å². The third kappa shape index (κ3) is 1.90. The van der Waals surface area contributed by atoms with E-state index in [1.165, 1.54) is 5.56 Å². The van der Waals surface area contributed by atoms with Gasteiger partial charge in [0.1, 0.15) is 6.67 Å².